The van der Waals surface area contributed by atoms with Gasteiger partial charge in [-0.05, 0) is 35.9 Å². The van der Waals surface area contributed by atoms with Crippen LogP contribution in [0.2, 0.25) is 0 Å². The van der Waals surface area contributed by atoms with E-state index < -0.39 is 10.0 Å². The van der Waals surface area contributed by atoms with Crippen molar-refractivity contribution >= 4 is 51.0 Å². The number of hydrogen-bond donors (Lipinski definition) is 3. The number of hydrogen-bond acceptors (Lipinski definition) is 6. The molecule has 0 fully saturated rings. The van der Waals surface area contributed by atoms with Gasteiger partial charge in [-0.2, -0.15) is 0 Å². The van der Waals surface area contributed by atoms with Gasteiger partial charge in [-0.25, -0.2) is 13.1 Å². The molecule has 10 heteroatoms. The SMILES string of the molecule is Cl.NCCCNC(=O)c1sccc1S(=O)(=O)NCc1cccs1. The van der Waals surface area contributed by atoms with E-state index in [-0.39, 0.29) is 34.6 Å². The maximum absolute atomic E-state index is 12.3. The van der Waals surface area contributed by atoms with Gasteiger partial charge >= 0.3 is 0 Å². The Hall–Kier alpha value is -0.970. The van der Waals surface area contributed by atoms with Crippen molar-refractivity contribution in [2.75, 3.05) is 13.1 Å². The molecule has 0 aliphatic rings. The number of thiophene rings is 2. The molecule has 0 unspecified atom stereocenters. The monoisotopic (exact) mass is 395 g/mol. The van der Waals surface area contributed by atoms with Crippen molar-refractivity contribution in [2.24, 2.45) is 5.73 Å². The number of nitrogens with one attached hydrogen (secondary N) is 2. The van der Waals surface area contributed by atoms with Crippen molar-refractivity contribution in [3.63, 3.8) is 0 Å². The number of nitrogens with two attached hydrogens (primary N) is 1. The number of rotatable bonds is 8. The second-order valence-electron chi connectivity index (χ2n) is 4.42. The van der Waals surface area contributed by atoms with E-state index in [1.165, 1.54) is 17.4 Å². The number of carbonyl (C=O) groups is 1. The Bertz CT molecular complexity index is 714. The lowest BCUT2D eigenvalue weighted by Gasteiger charge is -2.07. The van der Waals surface area contributed by atoms with E-state index >= 15 is 0 Å². The van der Waals surface area contributed by atoms with Gasteiger partial charge < -0.3 is 11.1 Å². The van der Waals surface area contributed by atoms with Gasteiger partial charge in [0, 0.05) is 18.0 Å². The summed E-state index contributed by atoms with van der Waals surface area (Å²) in [6.07, 6.45) is 0.649. The molecular weight excluding hydrogens is 378 g/mol. The molecule has 0 saturated heterocycles. The van der Waals surface area contributed by atoms with E-state index in [9.17, 15) is 13.2 Å². The molecule has 2 aromatic heterocycles. The van der Waals surface area contributed by atoms with Crippen LogP contribution in [0.1, 0.15) is 21.0 Å². The van der Waals surface area contributed by atoms with Gasteiger partial charge in [0.15, 0.2) is 0 Å². The third-order valence-electron chi connectivity index (χ3n) is 2.81. The molecular formula is C13H18ClN3O3S3. The molecule has 2 aromatic rings. The molecule has 6 nitrogen and oxygen atoms in total. The van der Waals surface area contributed by atoms with Gasteiger partial charge in [-0.3, -0.25) is 4.79 Å². The average molecular weight is 396 g/mol. The number of halogens is 1. The molecule has 1 amide bonds. The quantitative estimate of drug-likeness (QED) is 0.593. The summed E-state index contributed by atoms with van der Waals surface area (Å²) < 4.78 is 27.2. The highest BCUT2D eigenvalue weighted by atomic mass is 35.5. The lowest BCUT2D eigenvalue weighted by molar-refractivity contribution is 0.0954. The minimum Gasteiger partial charge on any atom is -0.351 e. The Morgan fingerprint density at radius 2 is 2.00 bits per heavy atom. The largest absolute Gasteiger partial charge is 0.351 e. The fourth-order valence-electron chi connectivity index (χ4n) is 1.72. The molecule has 128 valence electrons. The highest BCUT2D eigenvalue weighted by Crippen LogP contribution is 2.22. The zero-order valence-corrected chi connectivity index (χ0v) is 15.4. The van der Waals surface area contributed by atoms with Gasteiger partial charge in [-0.1, -0.05) is 6.07 Å². The molecule has 2 heterocycles. The number of sulfonamides is 1. The summed E-state index contributed by atoms with van der Waals surface area (Å²) in [5.41, 5.74) is 5.36. The van der Waals surface area contributed by atoms with Crippen LogP contribution in [0.25, 0.3) is 0 Å². The van der Waals surface area contributed by atoms with Crippen molar-refractivity contribution in [3.8, 4) is 0 Å². The molecule has 0 radical (unpaired) electrons. The summed E-state index contributed by atoms with van der Waals surface area (Å²) in [6, 6.07) is 5.15. The zero-order valence-electron chi connectivity index (χ0n) is 12.2. The van der Waals surface area contributed by atoms with Gasteiger partial charge in [0.05, 0.1) is 0 Å². The molecule has 4 N–H and O–H groups in total. The van der Waals surface area contributed by atoms with Crippen LogP contribution < -0.4 is 15.8 Å². The number of amides is 1. The van der Waals surface area contributed by atoms with Crippen LogP contribution in [0.4, 0.5) is 0 Å². The van der Waals surface area contributed by atoms with E-state index in [1.54, 1.807) is 5.38 Å². The van der Waals surface area contributed by atoms with Crippen LogP contribution in [-0.2, 0) is 16.6 Å². The van der Waals surface area contributed by atoms with Gasteiger partial charge in [0.1, 0.15) is 9.77 Å². The lowest BCUT2D eigenvalue weighted by atomic mass is 10.4. The first-order chi connectivity index (χ1) is 10.5. The summed E-state index contributed by atoms with van der Waals surface area (Å²) in [5, 5.41) is 6.14. The second-order valence-corrected chi connectivity index (χ2v) is 8.10. The van der Waals surface area contributed by atoms with Crippen molar-refractivity contribution in [1.82, 2.24) is 10.0 Å². The van der Waals surface area contributed by atoms with Gasteiger partial charge in [0.25, 0.3) is 5.91 Å². The number of carbonyl (C=O) groups excluding carboxylic acids is 1. The standard InChI is InChI=1S/C13H17N3O3S3.ClH/c14-5-2-6-15-13(17)12-11(4-8-21-12)22(18,19)16-9-10-3-1-7-20-10;/h1,3-4,7-8,16H,2,5-6,9,14H2,(H,15,17);1H. The Balaban J connectivity index is 0.00000264. The molecule has 2 rings (SSSR count). The highest BCUT2D eigenvalue weighted by molar-refractivity contribution is 7.89. The maximum atomic E-state index is 12.3. The summed E-state index contributed by atoms with van der Waals surface area (Å²) in [7, 11) is -3.72. The van der Waals surface area contributed by atoms with Gasteiger partial charge in [0.2, 0.25) is 10.0 Å². The Morgan fingerprint density at radius 3 is 2.65 bits per heavy atom. The lowest BCUT2D eigenvalue weighted by Crippen LogP contribution is -2.29. The molecule has 0 spiro atoms. The summed E-state index contributed by atoms with van der Waals surface area (Å²) >= 11 is 2.58. The Kier molecular flexibility index (Phi) is 8.17. The van der Waals surface area contributed by atoms with Crippen molar-refractivity contribution < 1.29 is 13.2 Å². The van der Waals surface area contributed by atoms with Crippen LogP contribution in [0, 0.1) is 0 Å². The van der Waals surface area contributed by atoms with Crippen molar-refractivity contribution in [3.05, 3.63) is 38.7 Å². The molecule has 23 heavy (non-hydrogen) atoms. The van der Waals surface area contributed by atoms with Crippen LogP contribution >= 0.6 is 35.1 Å². The molecule has 0 aliphatic carbocycles. The third kappa shape index (κ3) is 5.55. The van der Waals surface area contributed by atoms with Crippen LogP contribution in [-0.4, -0.2) is 27.4 Å². The summed E-state index contributed by atoms with van der Waals surface area (Å²) in [6.45, 7) is 1.11. The predicted molar refractivity (Wildman–Crippen MR) is 95.9 cm³/mol. The fourth-order valence-corrected chi connectivity index (χ4v) is 4.80. The summed E-state index contributed by atoms with van der Waals surface area (Å²) in [5.74, 6) is -0.389. The van der Waals surface area contributed by atoms with E-state index in [0.717, 1.165) is 16.2 Å². The normalized spacial score (nSPS) is 11.0. The highest BCUT2D eigenvalue weighted by Gasteiger charge is 2.23. The first kappa shape index (κ1) is 20.1. The fraction of sp³-hybridized carbons (Fsp3) is 0.308. The zero-order chi connectivity index (χ0) is 16.0. The van der Waals surface area contributed by atoms with Crippen LogP contribution in [0.5, 0.6) is 0 Å². The van der Waals surface area contributed by atoms with E-state index in [0.29, 0.717) is 19.5 Å². The van der Waals surface area contributed by atoms with E-state index in [2.05, 4.69) is 10.0 Å². The second kappa shape index (κ2) is 9.36. The van der Waals surface area contributed by atoms with Crippen molar-refractivity contribution in [2.45, 2.75) is 17.9 Å². The first-order valence-electron chi connectivity index (χ1n) is 6.62. The third-order valence-corrected chi connectivity index (χ3v) is 6.17. The average Bonchev–Trinajstić information content (AvgIpc) is 3.17. The molecule has 0 aromatic carbocycles. The van der Waals surface area contributed by atoms with Crippen LogP contribution in [0.15, 0.2) is 33.9 Å². The molecule has 0 aliphatic heterocycles. The minimum atomic E-state index is -3.72. The Labute approximate surface area is 149 Å². The van der Waals surface area contributed by atoms with E-state index in [4.69, 9.17) is 5.73 Å². The predicted octanol–water partition coefficient (Wildman–Crippen LogP) is 1.79. The van der Waals surface area contributed by atoms with Gasteiger partial charge in [-0.15, -0.1) is 35.1 Å². The van der Waals surface area contributed by atoms with Crippen molar-refractivity contribution in [1.29, 1.82) is 0 Å². The topological polar surface area (TPSA) is 101 Å². The molecule has 0 bridgehead atoms. The van der Waals surface area contributed by atoms with E-state index in [1.807, 2.05) is 17.5 Å². The first-order valence-corrected chi connectivity index (χ1v) is 9.86. The molecule has 0 saturated carbocycles. The Morgan fingerprint density at radius 1 is 1.22 bits per heavy atom. The maximum Gasteiger partial charge on any atom is 0.262 e. The van der Waals surface area contributed by atoms with Crippen LogP contribution in [0.3, 0.4) is 0 Å². The summed E-state index contributed by atoms with van der Waals surface area (Å²) in [4.78, 5) is 13.2. The molecule has 0 atom stereocenters. The minimum absolute atomic E-state index is 0. The smallest absolute Gasteiger partial charge is 0.262 e.